The number of ether oxygens (including phenoxy) is 1. The summed E-state index contributed by atoms with van der Waals surface area (Å²) in [5.41, 5.74) is 2.00. The summed E-state index contributed by atoms with van der Waals surface area (Å²) >= 11 is 0. The fourth-order valence-corrected chi connectivity index (χ4v) is 1.26. The van der Waals surface area contributed by atoms with Crippen LogP contribution in [0.2, 0.25) is 0 Å². The number of aryl methyl sites for hydroxylation is 1. The zero-order valence-corrected chi connectivity index (χ0v) is 8.55. The summed E-state index contributed by atoms with van der Waals surface area (Å²) in [6.07, 6.45) is 3.20. The van der Waals surface area contributed by atoms with Gasteiger partial charge in [-0.15, -0.1) is 0 Å². The van der Waals surface area contributed by atoms with Crippen LogP contribution in [0.25, 0.3) is 0 Å². The Balaban J connectivity index is 2.03. The van der Waals surface area contributed by atoms with Gasteiger partial charge in [0.05, 0.1) is 11.9 Å². The van der Waals surface area contributed by atoms with Crippen molar-refractivity contribution in [2.45, 2.75) is 13.5 Å². The fourth-order valence-electron chi connectivity index (χ4n) is 1.26. The van der Waals surface area contributed by atoms with Gasteiger partial charge in [0.15, 0.2) is 5.75 Å². The lowest BCUT2D eigenvalue weighted by Gasteiger charge is -2.06. The van der Waals surface area contributed by atoms with E-state index in [0.29, 0.717) is 6.61 Å². The van der Waals surface area contributed by atoms with Gasteiger partial charge in [0.2, 0.25) is 0 Å². The van der Waals surface area contributed by atoms with Gasteiger partial charge in [-0.3, -0.25) is 0 Å². The first-order valence-electron chi connectivity index (χ1n) is 4.79. The van der Waals surface area contributed by atoms with Gasteiger partial charge >= 0.3 is 0 Å². The van der Waals surface area contributed by atoms with Crippen LogP contribution in [0.5, 0.6) is 5.75 Å². The molecular weight excluding hydrogens is 188 g/mol. The largest absolute Gasteiger partial charge is 0.485 e. The average molecular weight is 200 g/mol. The Morgan fingerprint density at radius 3 is 2.73 bits per heavy atom. The Kier molecular flexibility index (Phi) is 2.93. The highest BCUT2D eigenvalue weighted by atomic mass is 16.5. The first kappa shape index (κ1) is 9.65. The van der Waals surface area contributed by atoms with E-state index in [1.807, 2.05) is 37.3 Å². The summed E-state index contributed by atoms with van der Waals surface area (Å²) in [5, 5.41) is 0. The molecule has 0 atom stereocenters. The lowest BCUT2D eigenvalue weighted by atomic mass is 10.2. The van der Waals surface area contributed by atoms with E-state index in [9.17, 15) is 0 Å². The van der Waals surface area contributed by atoms with Gasteiger partial charge in [-0.2, -0.15) is 0 Å². The minimum absolute atomic E-state index is 0.551. The quantitative estimate of drug-likeness (QED) is 0.762. The van der Waals surface area contributed by atoms with Gasteiger partial charge in [-0.25, -0.2) is 9.97 Å². The van der Waals surface area contributed by atoms with Crippen LogP contribution < -0.4 is 4.74 Å². The van der Waals surface area contributed by atoms with Gasteiger partial charge in [0.25, 0.3) is 0 Å². The smallest absolute Gasteiger partial charge is 0.159 e. The molecule has 0 aliphatic rings. The molecule has 0 unspecified atom stereocenters. The van der Waals surface area contributed by atoms with Crippen molar-refractivity contribution < 1.29 is 4.74 Å². The topological polar surface area (TPSA) is 35.0 Å². The van der Waals surface area contributed by atoms with Gasteiger partial charge in [-0.1, -0.05) is 30.3 Å². The Morgan fingerprint density at radius 2 is 2.00 bits per heavy atom. The molecule has 1 aromatic heterocycles. The molecule has 3 heteroatoms. The molecule has 1 aromatic carbocycles. The maximum Gasteiger partial charge on any atom is 0.159 e. The second-order valence-corrected chi connectivity index (χ2v) is 3.25. The minimum Gasteiger partial charge on any atom is -0.485 e. The lowest BCUT2D eigenvalue weighted by Crippen LogP contribution is -1.98. The number of rotatable bonds is 3. The molecule has 2 aromatic rings. The van der Waals surface area contributed by atoms with Crippen molar-refractivity contribution in [1.82, 2.24) is 9.97 Å². The third kappa shape index (κ3) is 2.53. The predicted molar refractivity (Wildman–Crippen MR) is 57.5 cm³/mol. The van der Waals surface area contributed by atoms with Crippen molar-refractivity contribution in [3.05, 3.63) is 54.1 Å². The third-order valence-corrected chi connectivity index (χ3v) is 2.10. The Labute approximate surface area is 88.8 Å². The monoisotopic (exact) mass is 200 g/mol. The van der Waals surface area contributed by atoms with Crippen LogP contribution in [0.15, 0.2) is 42.9 Å². The van der Waals surface area contributed by atoms with Gasteiger partial charge in [-0.05, 0) is 12.5 Å². The zero-order chi connectivity index (χ0) is 10.5. The molecule has 0 N–H and O–H groups in total. The summed E-state index contributed by atoms with van der Waals surface area (Å²) in [5.74, 6) is 0.737. The van der Waals surface area contributed by atoms with Crippen LogP contribution in [0.4, 0.5) is 0 Å². The minimum atomic E-state index is 0.551. The summed E-state index contributed by atoms with van der Waals surface area (Å²) < 4.78 is 5.60. The Hall–Kier alpha value is -1.90. The molecule has 76 valence electrons. The van der Waals surface area contributed by atoms with E-state index < -0.39 is 0 Å². The van der Waals surface area contributed by atoms with E-state index in [1.165, 1.54) is 6.33 Å². The van der Waals surface area contributed by atoms with E-state index >= 15 is 0 Å². The zero-order valence-electron chi connectivity index (χ0n) is 8.55. The normalized spacial score (nSPS) is 9.93. The van der Waals surface area contributed by atoms with Crippen molar-refractivity contribution in [3.8, 4) is 5.75 Å². The molecule has 15 heavy (non-hydrogen) atoms. The maximum absolute atomic E-state index is 5.60. The van der Waals surface area contributed by atoms with Crippen LogP contribution in [0.1, 0.15) is 11.3 Å². The summed E-state index contributed by atoms with van der Waals surface area (Å²) in [4.78, 5) is 7.98. The molecule has 2 rings (SSSR count). The predicted octanol–water partition coefficient (Wildman–Crippen LogP) is 2.36. The molecule has 0 amide bonds. The molecule has 0 aliphatic heterocycles. The molecule has 0 radical (unpaired) electrons. The fraction of sp³-hybridized carbons (Fsp3) is 0.167. The van der Waals surface area contributed by atoms with Crippen molar-refractivity contribution in [3.63, 3.8) is 0 Å². The van der Waals surface area contributed by atoms with Crippen molar-refractivity contribution >= 4 is 0 Å². The van der Waals surface area contributed by atoms with Crippen LogP contribution in [0.3, 0.4) is 0 Å². The van der Waals surface area contributed by atoms with E-state index in [1.54, 1.807) is 6.20 Å². The molecule has 0 bridgehead atoms. The van der Waals surface area contributed by atoms with Crippen molar-refractivity contribution in [2.75, 3.05) is 0 Å². The number of hydrogen-bond donors (Lipinski definition) is 0. The summed E-state index contributed by atoms with van der Waals surface area (Å²) in [6, 6.07) is 10.0. The van der Waals surface area contributed by atoms with Gasteiger partial charge in [0.1, 0.15) is 12.9 Å². The van der Waals surface area contributed by atoms with Crippen LogP contribution in [-0.2, 0) is 6.61 Å². The average Bonchev–Trinajstić information content (AvgIpc) is 2.29. The second-order valence-electron chi connectivity index (χ2n) is 3.25. The number of aromatic nitrogens is 2. The molecule has 0 fully saturated rings. The van der Waals surface area contributed by atoms with Crippen molar-refractivity contribution in [2.24, 2.45) is 0 Å². The second kappa shape index (κ2) is 4.55. The standard InChI is InChI=1S/C12H12N2O/c1-10-12(7-13-9-14-10)15-8-11-5-3-2-4-6-11/h2-7,9H,8H2,1H3. The first-order chi connectivity index (χ1) is 7.36. The Bertz CT molecular complexity index is 429. The van der Waals surface area contributed by atoms with E-state index in [4.69, 9.17) is 4.74 Å². The summed E-state index contributed by atoms with van der Waals surface area (Å²) in [7, 11) is 0. The number of benzene rings is 1. The molecular formula is C12H12N2O. The number of hydrogen-bond acceptors (Lipinski definition) is 3. The molecule has 3 nitrogen and oxygen atoms in total. The molecule has 0 saturated carbocycles. The number of nitrogens with zero attached hydrogens (tertiary/aromatic N) is 2. The SMILES string of the molecule is Cc1ncncc1OCc1ccccc1. The van der Waals surface area contributed by atoms with E-state index in [2.05, 4.69) is 9.97 Å². The molecule has 0 spiro atoms. The molecule has 1 heterocycles. The van der Waals surface area contributed by atoms with Gasteiger partial charge < -0.3 is 4.74 Å². The molecule has 0 saturated heterocycles. The van der Waals surface area contributed by atoms with E-state index in [-0.39, 0.29) is 0 Å². The van der Waals surface area contributed by atoms with Gasteiger partial charge in [0, 0.05) is 0 Å². The van der Waals surface area contributed by atoms with Crippen LogP contribution in [-0.4, -0.2) is 9.97 Å². The Morgan fingerprint density at radius 1 is 1.20 bits per heavy atom. The molecule has 0 aliphatic carbocycles. The van der Waals surface area contributed by atoms with Crippen molar-refractivity contribution in [1.29, 1.82) is 0 Å². The lowest BCUT2D eigenvalue weighted by molar-refractivity contribution is 0.301. The highest BCUT2D eigenvalue weighted by Crippen LogP contribution is 2.13. The van der Waals surface area contributed by atoms with E-state index in [0.717, 1.165) is 17.0 Å². The third-order valence-electron chi connectivity index (χ3n) is 2.10. The van der Waals surface area contributed by atoms with Crippen LogP contribution >= 0.6 is 0 Å². The highest BCUT2D eigenvalue weighted by Gasteiger charge is 1.99. The summed E-state index contributed by atoms with van der Waals surface area (Å²) in [6.45, 7) is 2.46. The first-order valence-corrected chi connectivity index (χ1v) is 4.79. The highest BCUT2D eigenvalue weighted by molar-refractivity contribution is 5.22. The van der Waals surface area contributed by atoms with Crippen LogP contribution in [0, 0.1) is 6.92 Å². The maximum atomic E-state index is 5.60.